The van der Waals surface area contributed by atoms with Crippen molar-refractivity contribution in [2.75, 3.05) is 36.1 Å². The van der Waals surface area contributed by atoms with E-state index in [1.54, 1.807) is 6.07 Å². The maximum atomic E-state index is 13.1. The van der Waals surface area contributed by atoms with Gasteiger partial charge in [-0.3, -0.25) is 19.8 Å². The van der Waals surface area contributed by atoms with Gasteiger partial charge < -0.3 is 14.1 Å². The summed E-state index contributed by atoms with van der Waals surface area (Å²) in [6.07, 6.45) is 2.35. The molecule has 29 heavy (non-hydrogen) atoms. The predicted octanol–water partition coefficient (Wildman–Crippen LogP) is 2.51. The second-order valence-electron chi connectivity index (χ2n) is 6.75. The largest absolute Gasteiger partial charge is 0.441 e. The first-order valence-electron chi connectivity index (χ1n) is 9.49. The first-order valence-corrected chi connectivity index (χ1v) is 9.90. The summed E-state index contributed by atoms with van der Waals surface area (Å²) in [6.45, 7) is 4.81. The van der Waals surface area contributed by atoms with Gasteiger partial charge in [-0.05, 0) is 48.5 Å². The van der Waals surface area contributed by atoms with Crippen molar-refractivity contribution in [1.29, 1.82) is 0 Å². The Kier molecular flexibility index (Phi) is 5.46. The number of anilines is 2. The molecule has 1 aromatic carbocycles. The quantitative estimate of drug-likeness (QED) is 0.473. The predicted molar refractivity (Wildman–Crippen MR) is 114 cm³/mol. The van der Waals surface area contributed by atoms with Crippen LogP contribution in [0, 0.1) is 0 Å². The van der Waals surface area contributed by atoms with E-state index in [0.29, 0.717) is 30.5 Å². The number of carbonyl (C=O) groups is 2. The average Bonchev–Trinajstić information content (AvgIpc) is 3.21. The van der Waals surface area contributed by atoms with Crippen LogP contribution in [-0.2, 0) is 20.7 Å². The van der Waals surface area contributed by atoms with Crippen LogP contribution >= 0.6 is 12.2 Å². The highest BCUT2D eigenvalue weighted by molar-refractivity contribution is 7.80. The molecule has 150 valence electrons. The van der Waals surface area contributed by atoms with E-state index in [4.69, 9.17) is 21.4 Å². The van der Waals surface area contributed by atoms with Crippen molar-refractivity contribution in [1.82, 2.24) is 5.32 Å². The molecule has 2 amide bonds. The summed E-state index contributed by atoms with van der Waals surface area (Å²) in [4.78, 5) is 28.9. The van der Waals surface area contributed by atoms with Crippen LogP contribution < -0.4 is 15.1 Å². The molecule has 2 saturated heterocycles. The lowest BCUT2D eigenvalue weighted by atomic mass is 10.1. The molecule has 0 bridgehead atoms. The molecule has 1 aromatic heterocycles. The molecule has 1 N–H and O–H groups in total. The van der Waals surface area contributed by atoms with Crippen LogP contribution in [0.2, 0.25) is 0 Å². The zero-order valence-corrected chi connectivity index (χ0v) is 16.8. The summed E-state index contributed by atoms with van der Waals surface area (Å²) < 4.78 is 11.2. The fraction of sp³-hybridized carbons (Fsp3) is 0.286. The molecule has 0 atom stereocenters. The Morgan fingerprint density at radius 3 is 2.52 bits per heavy atom. The third-order valence-corrected chi connectivity index (χ3v) is 5.21. The second kappa shape index (κ2) is 8.18. The third-order valence-electron chi connectivity index (χ3n) is 4.93. The minimum absolute atomic E-state index is 0.0268. The standard InChI is InChI=1S/C21H21N3O4S/c1-2-14-3-5-15(6-4-14)24-20(26)17(19(25)22-21(24)29)13-16-7-8-18(28-16)23-9-11-27-12-10-23/h3-8,13H,2,9-12H2,1H3,(H,22,25,29)/b17-13-. The van der Waals surface area contributed by atoms with Crippen molar-refractivity contribution in [3.63, 3.8) is 0 Å². The van der Waals surface area contributed by atoms with E-state index in [9.17, 15) is 9.59 Å². The number of hydrogen-bond donors (Lipinski definition) is 1. The number of hydrogen-bond acceptors (Lipinski definition) is 6. The van der Waals surface area contributed by atoms with E-state index in [1.807, 2.05) is 30.3 Å². The third kappa shape index (κ3) is 3.94. The maximum absolute atomic E-state index is 13.1. The number of thiocarbonyl (C=S) groups is 1. The highest BCUT2D eigenvalue weighted by atomic mass is 32.1. The van der Waals surface area contributed by atoms with E-state index in [2.05, 4.69) is 17.1 Å². The molecular weight excluding hydrogens is 390 g/mol. The van der Waals surface area contributed by atoms with Gasteiger partial charge in [0.15, 0.2) is 11.0 Å². The van der Waals surface area contributed by atoms with Gasteiger partial charge in [0.2, 0.25) is 0 Å². The van der Waals surface area contributed by atoms with Crippen LogP contribution in [-0.4, -0.2) is 43.2 Å². The van der Waals surface area contributed by atoms with E-state index in [-0.39, 0.29) is 10.7 Å². The van der Waals surface area contributed by atoms with Crippen LogP contribution in [0.25, 0.3) is 6.08 Å². The summed E-state index contributed by atoms with van der Waals surface area (Å²) >= 11 is 5.24. The first kappa shape index (κ1) is 19.4. The molecule has 2 aromatic rings. The van der Waals surface area contributed by atoms with Gasteiger partial charge in [-0.2, -0.15) is 0 Å². The molecule has 0 radical (unpaired) electrons. The van der Waals surface area contributed by atoms with Crippen molar-refractivity contribution in [3.8, 4) is 0 Å². The van der Waals surface area contributed by atoms with Gasteiger partial charge in [-0.1, -0.05) is 19.1 Å². The van der Waals surface area contributed by atoms with Crippen molar-refractivity contribution in [3.05, 3.63) is 53.3 Å². The lowest BCUT2D eigenvalue weighted by Crippen LogP contribution is -2.54. The summed E-state index contributed by atoms with van der Waals surface area (Å²) in [5.74, 6) is 0.100. The minimum atomic E-state index is -0.536. The van der Waals surface area contributed by atoms with Crippen LogP contribution in [0.5, 0.6) is 0 Å². The SMILES string of the molecule is CCc1ccc(N2C(=O)/C(=C\c3ccc(N4CCOCC4)o3)C(=O)NC2=S)cc1. The number of nitrogens with one attached hydrogen (secondary N) is 1. The first-order chi connectivity index (χ1) is 14.1. The molecule has 7 nitrogen and oxygen atoms in total. The van der Waals surface area contributed by atoms with Gasteiger partial charge in [-0.15, -0.1) is 0 Å². The van der Waals surface area contributed by atoms with E-state index in [1.165, 1.54) is 11.0 Å². The van der Waals surface area contributed by atoms with Crippen molar-refractivity contribution in [2.24, 2.45) is 0 Å². The van der Waals surface area contributed by atoms with Gasteiger partial charge >= 0.3 is 0 Å². The second-order valence-corrected chi connectivity index (χ2v) is 7.14. The van der Waals surface area contributed by atoms with Gasteiger partial charge in [0.1, 0.15) is 11.3 Å². The monoisotopic (exact) mass is 411 g/mol. The molecule has 2 aliphatic rings. The fourth-order valence-electron chi connectivity index (χ4n) is 3.29. The Hall–Kier alpha value is -2.97. The van der Waals surface area contributed by atoms with Crippen molar-refractivity contribution < 1.29 is 18.7 Å². The summed E-state index contributed by atoms with van der Waals surface area (Å²) in [6, 6.07) is 11.1. The number of aryl methyl sites for hydroxylation is 1. The molecule has 4 rings (SSSR count). The number of morpholine rings is 1. The van der Waals surface area contributed by atoms with Crippen LogP contribution in [0.15, 0.2) is 46.4 Å². The molecule has 0 unspecified atom stereocenters. The number of carbonyl (C=O) groups excluding carboxylic acids is 2. The molecule has 3 heterocycles. The Balaban J connectivity index is 1.60. The number of nitrogens with zero attached hydrogens (tertiary/aromatic N) is 2. The number of rotatable bonds is 4. The topological polar surface area (TPSA) is 75.0 Å². The van der Waals surface area contributed by atoms with E-state index in [0.717, 1.165) is 25.1 Å². The maximum Gasteiger partial charge on any atom is 0.270 e. The zero-order valence-electron chi connectivity index (χ0n) is 16.0. The summed E-state index contributed by atoms with van der Waals surface area (Å²) in [7, 11) is 0. The number of amides is 2. The lowest BCUT2D eigenvalue weighted by molar-refractivity contribution is -0.122. The number of furan rings is 1. The van der Waals surface area contributed by atoms with Crippen molar-refractivity contribution >= 4 is 46.8 Å². The molecule has 8 heteroatoms. The highest BCUT2D eigenvalue weighted by Gasteiger charge is 2.34. The smallest absolute Gasteiger partial charge is 0.270 e. The van der Waals surface area contributed by atoms with Gasteiger partial charge in [0.05, 0.1) is 18.9 Å². The Bertz CT molecular complexity index is 974. The average molecular weight is 411 g/mol. The van der Waals surface area contributed by atoms with Gasteiger partial charge in [0.25, 0.3) is 11.8 Å². The molecule has 0 saturated carbocycles. The lowest BCUT2D eigenvalue weighted by Gasteiger charge is -2.29. The Morgan fingerprint density at radius 2 is 1.83 bits per heavy atom. The summed E-state index contributed by atoms with van der Waals surface area (Å²) in [5, 5.41) is 2.65. The Morgan fingerprint density at radius 1 is 1.10 bits per heavy atom. The van der Waals surface area contributed by atoms with Crippen LogP contribution in [0.4, 0.5) is 11.6 Å². The zero-order chi connectivity index (χ0) is 20.4. The molecular formula is C21H21N3O4S. The number of benzene rings is 1. The fourth-order valence-corrected chi connectivity index (χ4v) is 3.57. The molecule has 0 aliphatic carbocycles. The highest BCUT2D eigenvalue weighted by Crippen LogP contribution is 2.25. The van der Waals surface area contributed by atoms with E-state index < -0.39 is 11.8 Å². The molecule has 2 aliphatic heterocycles. The minimum Gasteiger partial charge on any atom is -0.441 e. The van der Waals surface area contributed by atoms with Crippen LogP contribution in [0.1, 0.15) is 18.2 Å². The Labute approximate surface area is 173 Å². The van der Waals surface area contributed by atoms with Crippen molar-refractivity contribution in [2.45, 2.75) is 13.3 Å². The van der Waals surface area contributed by atoms with Crippen LogP contribution in [0.3, 0.4) is 0 Å². The number of ether oxygens (including phenoxy) is 1. The van der Waals surface area contributed by atoms with Gasteiger partial charge in [-0.25, -0.2) is 0 Å². The van der Waals surface area contributed by atoms with Gasteiger partial charge in [0, 0.05) is 19.2 Å². The normalized spacial score (nSPS) is 19.1. The molecule has 0 spiro atoms. The summed E-state index contributed by atoms with van der Waals surface area (Å²) in [5.41, 5.74) is 1.73. The van der Waals surface area contributed by atoms with E-state index >= 15 is 0 Å². The molecule has 2 fully saturated rings.